The van der Waals surface area contributed by atoms with Crippen LogP contribution in [0.2, 0.25) is 0 Å². The monoisotopic (exact) mass is 373 g/mol. The lowest BCUT2D eigenvalue weighted by Gasteiger charge is -2.39. The topological polar surface area (TPSA) is 60.4 Å². The molecule has 2 aliphatic heterocycles. The van der Waals surface area contributed by atoms with Gasteiger partial charge in [0.25, 0.3) is 0 Å². The maximum Gasteiger partial charge on any atom is 0.163 e. The molecule has 154 valence electrons. The van der Waals surface area contributed by atoms with Gasteiger partial charge in [-0.2, -0.15) is 0 Å². The summed E-state index contributed by atoms with van der Waals surface area (Å²) in [6.45, 7) is 14.8. The molecule has 26 heavy (non-hydrogen) atoms. The highest BCUT2D eigenvalue weighted by Gasteiger charge is 2.47. The van der Waals surface area contributed by atoms with E-state index in [2.05, 4.69) is 18.7 Å². The molecule has 2 rings (SSSR count). The minimum atomic E-state index is -0.687. The highest BCUT2D eigenvalue weighted by Crippen LogP contribution is 2.32. The molecular formula is C20H39NO5. The SMILES string of the molecule is CCCCN(CCCC)[C@@H]([C@@H](O)[C@H]1COC(C)(C)O1)[C@H]1COC(C)(C)O1. The Morgan fingerprint density at radius 1 is 0.885 bits per heavy atom. The summed E-state index contributed by atoms with van der Waals surface area (Å²) >= 11 is 0. The van der Waals surface area contributed by atoms with Crippen molar-refractivity contribution in [2.45, 2.75) is 103 Å². The van der Waals surface area contributed by atoms with Gasteiger partial charge in [0.1, 0.15) is 18.3 Å². The molecule has 0 spiro atoms. The predicted molar refractivity (Wildman–Crippen MR) is 101 cm³/mol. The zero-order chi connectivity index (χ0) is 19.4. The van der Waals surface area contributed by atoms with Crippen LogP contribution in [0.1, 0.15) is 67.2 Å². The first-order valence-electron chi connectivity index (χ1n) is 10.2. The second-order valence-corrected chi connectivity index (χ2v) is 8.46. The summed E-state index contributed by atoms with van der Waals surface area (Å²) in [5.74, 6) is -1.27. The zero-order valence-electron chi connectivity index (χ0n) is 17.5. The summed E-state index contributed by atoms with van der Waals surface area (Å²) in [5, 5.41) is 11.3. The minimum absolute atomic E-state index is 0.169. The quantitative estimate of drug-likeness (QED) is 0.635. The number of hydrogen-bond donors (Lipinski definition) is 1. The van der Waals surface area contributed by atoms with Gasteiger partial charge in [-0.05, 0) is 53.6 Å². The van der Waals surface area contributed by atoms with Gasteiger partial charge >= 0.3 is 0 Å². The van der Waals surface area contributed by atoms with Crippen molar-refractivity contribution in [1.29, 1.82) is 0 Å². The van der Waals surface area contributed by atoms with Crippen molar-refractivity contribution < 1.29 is 24.1 Å². The molecule has 1 N–H and O–H groups in total. The molecule has 6 heteroatoms. The normalized spacial score (nSPS) is 30.0. The lowest BCUT2D eigenvalue weighted by atomic mass is 9.97. The van der Waals surface area contributed by atoms with Crippen LogP contribution in [0.25, 0.3) is 0 Å². The Labute approximate surface area is 159 Å². The Bertz CT molecular complexity index is 418. The molecule has 0 aromatic rings. The summed E-state index contributed by atoms with van der Waals surface area (Å²) in [5.41, 5.74) is 0. The van der Waals surface area contributed by atoms with Crippen molar-refractivity contribution in [3.63, 3.8) is 0 Å². The summed E-state index contributed by atoms with van der Waals surface area (Å²) < 4.78 is 23.6. The molecule has 0 saturated carbocycles. The second-order valence-electron chi connectivity index (χ2n) is 8.46. The summed E-state index contributed by atoms with van der Waals surface area (Å²) in [6, 6.07) is -0.169. The third kappa shape index (κ3) is 5.88. The Morgan fingerprint density at radius 2 is 1.35 bits per heavy atom. The van der Waals surface area contributed by atoms with E-state index < -0.39 is 17.7 Å². The molecule has 4 atom stereocenters. The zero-order valence-corrected chi connectivity index (χ0v) is 17.5. The fourth-order valence-electron chi connectivity index (χ4n) is 3.79. The third-order valence-electron chi connectivity index (χ3n) is 5.19. The van der Waals surface area contributed by atoms with Gasteiger partial charge in [0.2, 0.25) is 0 Å². The molecule has 0 bridgehead atoms. The van der Waals surface area contributed by atoms with E-state index in [0.29, 0.717) is 13.2 Å². The first kappa shape index (κ1) is 22.1. The van der Waals surface area contributed by atoms with Crippen molar-refractivity contribution in [3.05, 3.63) is 0 Å². The molecule has 6 nitrogen and oxygen atoms in total. The molecule has 0 unspecified atom stereocenters. The van der Waals surface area contributed by atoms with Crippen LogP contribution in [0.3, 0.4) is 0 Å². The van der Waals surface area contributed by atoms with Gasteiger partial charge in [-0.15, -0.1) is 0 Å². The Hall–Kier alpha value is -0.240. The number of aliphatic hydroxyl groups is 1. The average molecular weight is 374 g/mol. The average Bonchev–Trinajstić information content (AvgIpc) is 3.11. The van der Waals surface area contributed by atoms with Gasteiger partial charge in [-0.25, -0.2) is 0 Å². The highest BCUT2D eigenvalue weighted by atomic mass is 16.8. The maximum absolute atomic E-state index is 11.3. The molecule has 0 aromatic carbocycles. The van der Waals surface area contributed by atoms with Gasteiger partial charge < -0.3 is 24.1 Å². The molecule has 0 amide bonds. The van der Waals surface area contributed by atoms with E-state index in [-0.39, 0.29) is 18.2 Å². The standard InChI is InChI=1S/C20H39NO5/c1-7-9-11-21(12-10-8-2)17(15-13-23-19(3,4)25-15)18(22)16-14-24-20(5,6)26-16/h15-18,22H,7-14H2,1-6H3/t15-,16-,17-,18+/m1/s1. The van der Waals surface area contributed by atoms with E-state index in [4.69, 9.17) is 18.9 Å². The van der Waals surface area contributed by atoms with Crippen LogP contribution in [0.5, 0.6) is 0 Å². The van der Waals surface area contributed by atoms with Crippen LogP contribution in [-0.4, -0.2) is 72.2 Å². The van der Waals surface area contributed by atoms with E-state index >= 15 is 0 Å². The van der Waals surface area contributed by atoms with Gasteiger partial charge in [0.15, 0.2) is 11.6 Å². The first-order chi connectivity index (χ1) is 12.2. The lowest BCUT2D eigenvalue weighted by Crippen LogP contribution is -2.57. The van der Waals surface area contributed by atoms with E-state index in [9.17, 15) is 5.11 Å². The molecule has 0 aromatic heterocycles. The van der Waals surface area contributed by atoms with E-state index in [1.807, 2.05) is 27.7 Å². The summed E-state index contributed by atoms with van der Waals surface area (Å²) in [6.07, 6.45) is 3.21. The van der Waals surface area contributed by atoms with Crippen molar-refractivity contribution in [2.75, 3.05) is 26.3 Å². The van der Waals surface area contributed by atoms with E-state index in [0.717, 1.165) is 38.8 Å². The van der Waals surface area contributed by atoms with E-state index in [1.54, 1.807) is 0 Å². The van der Waals surface area contributed by atoms with Gasteiger partial charge in [0, 0.05) is 0 Å². The predicted octanol–water partition coefficient (Wildman–Crippen LogP) is 2.92. The van der Waals surface area contributed by atoms with Crippen molar-refractivity contribution in [2.24, 2.45) is 0 Å². The van der Waals surface area contributed by atoms with Gasteiger partial charge in [0.05, 0.1) is 19.3 Å². The minimum Gasteiger partial charge on any atom is -0.389 e. The largest absolute Gasteiger partial charge is 0.389 e. The third-order valence-corrected chi connectivity index (χ3v) is 5.19. The van der Waals surface area contributed by atoms with Crippen molar-refractivity contribution in [3.8, 4) is 0 Å². The number of unbranched alkanes of at least 4 members (excludes halogenated alkanes) is 2. The van der Waals surface area contributed by atoms with Crippen LogP contribution in [0, 0.1) is 0 Å². The summed E-state index contributed by atoms with van der Waals surface area (Å²) in [7, 11) is 0. The molecular weight excluding hydrogens is 334 g/mol. The Balaban J connectivity index is 2.18. The van der Waals surface area contributed by atoms with E-state index in [1.165, 1.54) is 0 Å². The molecule has 2 heterocycles. The van der Waals surface area contributed by atoms with Crippen LogP contribution < -0.4 is 0 Å². The van der Waals surface area contributed by atoms with Crippen molar-refractivity contribution >= 4 is 0 Å². The van der Waals surface area contributed by atoms with Crippen LogP contribution in [0.15, 0.2) is 0 Å². The highest BCUT2D eigenvalue weighted by molar-refractivity contribution is 4.95. The number of nitrogens with zero attached hydrogens (tertiary/aromatic N) is 1. The van der Waals surface area contributed by atoms with Gasteiger partial charge in [-0.3, -0.25) is 4.90 Å². The Morgan fingerprint density at radius 3 is 1.73 bits per heavy atom. The molecule has 2 aliphatic rings. The number of hydrogen-bond acceptors (Lipinski definition) is 6. The van der Waals surface area contributed by atoms with Crippen LogP contribution in [0.4, 0.5) is 0 Å². The number of aliphatic hydroxyl groups excluding tert-OH is 1. The fourth-order valence-corrected chi connectivity index (χ4v) is 3.79. The lowest BCUT2D eigenvalue weighted by molar-refractivity contribution is -0.175. The van der Waals surface area contributed by atoms with Crippen LogP contribution in [-0.2, 0) is 18.9 Å². The van der Waals surface area contributed by atoms with Gasteiger partial charge in [-0.1, -0.05) is 26.7 Å². The first-order valence-corrected chi connectivity index (χ1v) is 10.2. The molecule has 0 radical (unpaired) electrons. The maximum atomic E-state index is 11.3. The fraction of sp³-hybridized carbons (Fsp3) is 1.00. The molecule has 0 aliphatic carbocycles. The van der Waals surface area contributed by atoms with Crippen molar-refractivity contribution in [1.82, 2.24) is 4.90 Å². The summed E-state index contributed by atoms with van der Waals surface area (Å²) in [4.78, 5) is 2.38. The smallest absolute Gasteiger partial charge is 0.163 e. The second kappa shape index (κ2) is 9.30. The van der Waals surface area contributed by atoms with Crippen LogP contribution >= 0.6 is 0 Å². The Kier molecular flexibility index (Phi) is 7.89. The number of ether oxygens (including phenoxy) is 4. The molecule has 2 fully saturated rings. The number of rotatable bonds is 10. The molecule has 2 saturated heterocycles.